The van der Waals surface area contributed by atoms with Gasteiger partial charge in [0.2, 0.25) is 12.5 Å². The maximum atomic E-state index is 13.4. The molecule has 0 bridgehead atoms. The van der Waals surface area contributed by atoms with Crippen molar-refractivity contribution in [2.24, 2.45) is 0 Å². The van der Waals surface area contributed by atoms with Crippen molar-refractivity contribution in [2.45, 2.75) is 55.0 Å². The van der Waals surface area contributed by atoms with E-state index in [0.29, 0.717) is 0 Å². The number of hydrogen-bond acceptors (Lipinski definition) is 3. The fourth-order valence-electron chi connectivity index (χ4n) is 1.70. The van der Waals surface area contributed by atoms with Crippen molar-refractivity contribution in [3.05, 3.63) is 0 Å². The number of likely N-dealkylation sites (N-methyl/N-ethyl adjacent to an activating group) is 1. The first-order valence-electron chi connectivity index (χ1n) is 6.54. The molecule has 0 saturated carbocycles. The summed E-state index contributed by atoms with van der Waals surface area (Å²) in [4.78, 5) is -0.684. The van der Waals surface area contributed by atoms with Gasteiger partial charge < -0.3 is 10.2 Å². The highest BCUT2D eigenvalue weighted by molar-refractivity contribution is 5.09. The second kappa shape index (κ2) is 8.14. The summed E-state index contributed by atoms with van der Waals surface area (Å²) < 4.78 is 169. The lowest BCUT2D eigenvalue weighted by Gasteiger charge is -2.40. The van der Waals surface area contributed by atoms with Gasteiger partial charge in [0.25, 0.3) is 6.43 Å². The highest BCUT2D eigenvalue weighted by Crippen LogP contribution is 2.56. The summed E-state index contributed by atoms with van der Waals surface area (Å²) in [6.45, 7) is -1.58. The zero-order chi connectivity index (χ0) is 22.2. The zero-order valence-electron chi connectivity index (χ0n) is 12.8. The van der Waals surface area contributed by atoms with E-state index in [1.807, 2.05) is 0 Å². The van der Waals surface area contributed by atoms with Crippen LogP contribution in [0.2, 0.25) is 0 Å². The van der Waals surface area contributed by atoms with E-state index < -0.39 is 66.5 Å². The second-order valence-corrected chi connectivity index (χ2v) is 5.33. The molecule has 0 amide bonds. The molecule has 0 rings (SSSR count). The molecule has 0 aromatic heterocycles. The quantitative estimate of drug-likeness (QED) is 0.314. The lowest BCUT2D eigenvalue weighted by atomic mass is 9.93. The Kier molecular flexibility index (Phi) is 7.83. The number of nitrogens with zero attached hydrogens (tertiary/aromatic N) is 1. The molecule has 3 atom stereocenters. The molecule has 0 radical (unpaired) electrons. The lowest BCUT2D eigenvalue weighted by molar-refractivity contribution is -0.393. The van der Waals surface area contributed by atoms with Crippen LogP contribution in [0.15, 0.2) is 0 Å². The van der Waals surface area contributed by atoms with Gasteiger partial charge in [-0.2, -0.15) is 35.1 Å². The highest BCUT2D eigenvalue weighted by Gasteiger charge is 2.85. The van der Waals surface area contributed by atoms with Gasteiger partial charge in [-0.1, -0.05) is 0 Å². The Hall–Kier alpha value is -1.03. The maximum absolute atomic E-state index is 13.4. The topological polar surface area (TPSA) is 43.7 Å². The van der Waals surface area contributed by atoms with Crippen molar-refractivity contribution in [1.29, 1.82) is 0 Å². The molecule has 0 aromatic rings. The second-order valence-electron chi connectivity index (χ2n) is 5.33. The lowest BCUT2D eigenvalue weighted by Crippen LogP contribution is -2.69. The van der Waals surface area contributed by atoms with Crippen LogP contribution in [0.1, 0.15) is 0 Å². The molecular formula is C11H12F13NO2. The first-order chi connectivity index (χ1) is 11.8. The molecule has 27 heavy (non-hydrogen) atoms. The summed E-state index contributed by atoms with van der Waals surface area (Å²) in [5, 5.41) is 16.8. The van der Waals surface area contributed by atoms with Crippen LogP contribution in [0.3, 0.4) is 0 Å². The first-order valence-corrected chi connectivity index (χ1v) is 6.54. The molecule has 0 heterocycles. The van der Waals surface area contributed by atoms with Crippen LogP contribution in [-0.2, 0) is 0 Å². The number of aliphatic hydroxyl groups excluding tert-OH is 1. The summed E-state index contributed by atoms with van der Waals surface area (Å²) >= 11 is 0. The molecule has 0 spiro atoms. The van der Waals surface area contributed by atoms with Crippen LogP contribution in [0, 0.1) is 0 Å². The van der Waals surface area contributed by atoms with Crippen molar-refractivity contribution >= 4 is 0 Å². The Balaban J connectivity index is 5.99. The van der Waals surface area contributed by atoms with Crippen molar-refractivity contribution in [3.63, 3.8) is 0 Å². The average Bonchev–Trinajstić information content (AvgIpc) is 2.50. The van der Waals surface area contributed by atoms with E-state index in [4.69, 9.17) is 10.2 Å². The van der Waals surface area contributed by atoms with Crippen LogP contribution in [0.4, 0.5) is 57.1 Å². The van der Waals surface area contributed by atoms with Crippen LogP contribution >= 0.6 is 0 Å². The number of aliphatic hydroxyl groups is 2. The standard InChI is InChI=1S/C11H12F13NO2/c1-25(2-3(26)27)7(16)9(19,20)11(23,24)10(21,22)8(17,18)5(13)4(12)6(14)15/h3-7,26-27H,2H2,1H3. The van der Waals surface area contributed by atoms with Gasteiger partial charge in [0.15, 0.2) is 12.5 Å². The third-order valence-electron chi connectivity index (χ3n) is 3.24. The van der Waals surface area contributed by atoms with Gasteiger partial charge in [0, 0.05) is 0 Å². The van der Waals surface area contributed by atoms with E-state index in [0.717, 1.165) is 0 Å². The monoisotopic (exact) mass is 437 g/mol. The van der Waals surface area contributed by atoms with Gasteiger partial charge in [0.1, 0.15) is 0 Å². The van der Waals surface area contributed by atoms with E-state index >= 15 is 0 Å². The minimum absolute atomic E-state index is 0.136. The number of alkyl halides is 13. The Morgan fingerprint density at radius 2 is 1.11 bits per heavy atom. The van der Waals surface area contributed by atoms with E-state index in [9.17, 15) is 57.1 Å². The summed E-state index contributed by atoms with van der Waals surface area (Å²) in [6, 6.07) is 0. The predicted molar refractivity (Wildman–Crippen MR) is 61.3 cm³/mol. The molecule has 0 aliphatic rings. The molecule has 3 nitrogen and oxygen atoms in total. The van der Waals surface area contributed by atoms with Crippen molar-refractivity contribution in [1.82, 2.24) is 4.90 Å². The molecule has 16 heteroatoms. The van der Waals surface area contributed by atoms with Gasteiger partial charge >= 0.3 is 23.7 Å². The molecule has 0 aliphatic carbocycles. The van der Waals surface area contributed by atoms with E-state index in [1.165, 1.54) is 0 Å². The van der Waals surface area contributed by atoms with Gasteiger partial charge in [-0.15, -0.1) is 0 Å². The van der Waals surface area contributed by atoms with Gasteiger partial charge in [-0.05, 0) is 7.05 Å². The SMILES string of the molecule is CN(CC(O)O)C(F)C(F)(F)C(F)(F)C(F)(F)C(F)(F)C(F)C(F)C(F)F. The minimum Gasteiger partial charge on any atom is -0.367 e. The number of rotatable bonds is 10. The van der Waals surface area contributed by atoms with Gasteiger partial charge in [-0.25, -0.2) is 22.0 Å². The van der Waals surface area contributed by atoms with E-state index in [-0.39, 0.29) is 7.05 Å². The summed E-state index contributed by atoms with van der Waals surface area (Å²) in [5.41, 5.74) is 0. The van der Waals surface area contributed by atoms with E-state index in [2.05, 4.69) is 0 Å². The van der Waals surface area contributed by atoms with Crippen molar-refractivity contribution in [2.75, 3.05) is 13.6 Å². The zero-order valence-corrected chi connectivity index (χ0v) is 12.8. The van der Waals surface area contributed by atoms with Gasteiger partial charge in [-0.3, -0.25) is 4.90 Å². The predicted octanol–water partition coefficient (Wildman–Crippen LogP) is 3.01. The Labute approximate surface area is 142 Å². The molecule has 0 fully saturated rings. The largest absolute Gasteiger partial charge is 0.382 e. The minimum atomic E-state index is -7.54. The Morgan fingerprint density at radius 1 is 0.741 bits per heavy atom. The Morgan fingerprint density at radius 3 is 1.44 bits per heavy atom. The summed E-state index contributed by atoms with van der Waals surface area (Å²) in [6.07, 6.45) is -22.0. The van der Waals surface area contributed by atoms with Crippen LogP contribution in [0.5, 0.6) is 0 Å². The average molecular weight is 437 g/mol. The van der Waals surface area contributed by atoms with Crippen LogP contribution < -0.4 is 0 Å². The normalized spacial score (nSPS) is 18.3. The third kappa shape index (κ3) is 4.52. The fourth-order valence-corrected chi connectivity index (χ4v) is 1.70. The summed E-state index contributed by atoms with van der Waals surface area (Å²) in [7, 11) is 0.136. The molecule has 0 saturated heterocycles. The smallest absolute Gasteiger partial charge is 0.367 e. The van der Waals surface area contributed by atoms with Crippen molar-refractivity contribution in [3.8, 4) is 0 Å². The number of hydrogen-bond donors (Lipinski definition) is 2. The van der Waals surface area contributed by atoms with E-state index in [1.54, 1.807) is 0 Å². The first kappa shape index (κ1) is 26.0. The number of halogens is 13. The van der Waals surface area contributed by atoms with Gasteiger partial charge in [0.05, 0.1) is 6.54 Å². The molecule has 0 aromatic carbocycles. The molecule has 2 N–H and O–H groups in total. The third-order valence-corrected chi connectivity index (χ3v) is 3.24. The molecule has 0 aliphatic heterocycles. The molecular weight excluding hydrogens is 425 g/mol. The fraction of sp³-hybridized carbons (Fsp3) is 1.00. The van der Waals surface area contributed by atoms with Crippen LogP contribution in [-0.4, -0.2) is 83.7 Å². The molecule has 164 valence electrons. The highest BCUT2D eigenvalue weighted by atomic mass is 19.4. The van der Waals surface area contributed by atoms with Crippen molar-refractivity contribution < 1.29 is 67.3 Å². The van der Waals surface area contributed by atoms with Crippen LogP contribution in [0.25, 0.3) is 0 Å². The summed E-state index contributed by atoms with van der Waals surface area (Å²) in [5.74, 6) is -28.8. The maximum Gasteiger partial charge on any atom is 0.382 e. The molecule has 3 unspecified atom stereocenters. The Bertz CT molecular complexity index is 487.